The molecule has 2 saturated heterocycles. The van der Waals surface area contributed by atoms with Gasteiger partial charge in [0.2, 0.25) is 11.8 Å². The third kappa shape index (κ3) is 5.08. The van der Waals surface area contributed by atoms with Crippen molar-refractivity contribution in [2.24, 2.45) is 0 Å². The van der Waals surface area contributed by atoms with E-state index in [2.05, 4.69) is 5.32 Å². The standard InChI is InChI=1S/C16H25FN4O2S/c1-2-3-13(7-15(22)20-4-5-24-11-20)19-9-16(23)21-10-12(17)6-14(21)8-18/h12-14,19H,2-7,9-11H2,1H3/t12-,13-,14-/m0/s1. The van der Waals surface area contributed by atoms with Gasteiger partial charge in [0, 0.05) is 31.2 Å². The minimum absolute atomic E-state index is 0.0128. The molecule has 0 radical (unpaired) electrons. The van der Waals surface area contributed by atoms with Gasteiger partial charge in [0.1, 0.15) is 12.2 Å². The first-order valence-corrected chi connectivity index (χ1v) is 9.62. The van der Waals surface area contributed by atoms with E-state index in [-0.39, 0.29) is 37.4 Å². The molecular weight excluding hydrogens is 331 g/mol. The first kappa shape index (κ1) is 19.0. The summed E-state index contributed by atoms with van der Waals surface area (Å²) in [6.45, 7) is 2.85. The third-order valence-electron chi connectivity index (χ3n) is 4.42. The van der Waals surface area contributed by atoms with Gasteiger partial charge in [-0.3, -0.25) is 9.59 Å². The van der Waals surface area contributed by atoms with Crippen LogP contribution in [0.1, 0.15) is 32.6 Å². The Bertz CT molecular complexity index is 493. The summed E-state index contributed by atoms with van der Waals surface area (Å²) in [5.41, 5.74) is 0. The third-order valence-corrected chi connectivity index (χ3v) is 5.39. The molecule has 0 aromatic heterocycles. The summed E-state index contributed by atoms with van der Waals surface area (Å²) in [4.78, 5) is 27.7. The molecule has 3 atom stereocenters. The summed E-state index contributed by atoms with van der Waals surface area (Å²) in [5.74, 6) is 1.56. The van der Waals surface area contributed by atoms with E-state index in [9.17, 15) is 14.0 Å². The predicted molar refractivity (Wildman–Crippen MR) is 91.0 cm³/mol. The maximum Gasteiger partial charge on any atom is 0.237 e. The minimum Gasteiger partial charge on any atom is -0.333 e. The molecule has 0 bridgehead atoms. The Balaban J connectivity index is 1.83. The van der Waals surface area contributed by atoms with Gasteiger partial charge in [0.05, 0.1) is 25.0 Å². The van der Waals surface area contributed by atoms with E-state index < -0.39 is 12.2 Å². The highest BCUT2D eigenvalue weighted by atomic mass is 32.2. The van der Waals surface area contributed by atoms with Crippen LogP contribution < -0.4 is 5.32 Å². The van der Waals surface area contributed by atoms with Gasteiger partial charge in [0.25, 0.3) is 0 Å². The van der Waals surface area contributed by atoms with Crippen LogP contribution in [0.2, 0.25) is 0 Å². The molecule has 2 aliphatic rings. The van der Waals surface area contributed by atoms with Crippen molar-refractivity contribution in [3.05, 3.63) is 0 Å². The maximum absolute atomic E-state index is 13.4. The second-order valence-electron chi connectivity index (χ2n) is 6.29. The average Bonchev–Trinajstić information content (AvgIpc) is 3.21. The second-order valence-corrected chi connectivity index (χ2v) is 7.36. The molecule has 6 nitrogen and oxygen atoms in total. The fraction of sp³-hybridized carbons (Fsp3) is 0.812. The van der Waals surface area contributed by atoms with Crippen LogP contribution in [-0.4, -0.2) is 71.1 Å². The average molecular weight is 356 g/mol. The molecule has 1 N–H and O–H groups in total. The summed E-state index contributed by atoms with van der Waals surface area (Å²) in [6, 6.07) is 1.23. The topological polar surface area (TPSA) is 76.4 Å². The van der Waals surface area contributed by atoms with Gasteiger partial charge in [-0.25, -0.2) is 4.39 Å². The number of nitriles is 1. The molecule has 0 spiro atoms. The molecular formula is C16H25FN4O2S. The molecule has 8 heteroatoms. The van der Waals surface area contributed by atoms with Crippen LogP contribution in [0.25, 0.3) is 0 Å². The largest absolute Gasteiger partial charge is 0.333 e. The highest BCUT2D eigenvalue weighted by Crippen LogP contribution is 2.20. The molecule has 0 aromatic carbocycles. The zero-order chi connectivity index (χ0) is 17.5. The Morgan fingerprint density at radius 3 is 2.88 bits per heavy atom. The van der Waals surface area contributed by atoms with Crippen molar-refractivity contribution < 1.29 is 14.0 Å². The van der Waals surface area contributed by atoms with Crippen LogP contribution in [0.4, 0.5) is 4.39 Å². The molecule has 0 aromatic rings. The van der Waals surface area contributed by atoms with Crippen LogP contribution in [0.15, 0.2) is 0 Å². The van der Waals surface area contributed by atoms with E-state index >= 15 is 0 Å². The van der Waals surface area contributed by atoms with Crippen molar-refractivity contribution in [1.82, 2.24) is 15.1 Å². The normalized spacial score (nSPS) is 24.9. The van der Waals surface area contributed by atoms with Gasteiger partial charge in [-0.05, 0) is 6.42 Å². The number of rotatable bonds is 7. The van der Waals surface area contributed by atoms with Crippen LogP contribution in [0.5, 0.6) is 0 Å². The van der Waals surface area contributed by atoms with E-state index in [1.165, 1.54) is 4.90 Å². The maximum atomic E-state index is 13.4. The molecule has 0 unspecified atom stereocenters. The van der Waals surface area contributed by atoms with E-state index in [0.717, 1.165) is 31.0 Å². The van der Waals surface area contributed by atoms with Gasteiger partial charge in [-0.1, -0.05) is 13.3 Å². The molecule has 134 valence electrons. The van der Waals surface area contributed by atoms with E-state index in [1.54, 1.807) is 11.8 Å². The highest BCUT2D eigenvalue weighted by Gasteiger charge is 2.35. The van der Waals surface area contributed by atoms with Gasteiger partial charge in [0.15, 0.2) is 0 Å². The Morgan fingerprint density at radius 2 is 2.25 bits per heavy atom. The second kappa shape index (κ2) is 9.23. The predicted octanol–water partition coefficient (Wildman–Crippen LogP) is 1.13. The number of amides is 2. The molecule has 0 aliphatic carbocycles. The van der Waals surface area contributed by atoms with Gasteiger partial charge in [-0.15, -0.1) is 11.8 Å². The quantitative estimate of drug-likeness (QED) is 0.740. The van der Waals surface area contributed by atoms with E-state index in [1.807, 2.05) is 17.9 Å². The minimum atomic E-state index is -1.13. The van der Waals surface area contributed by atoms with Crippen molar-refractivity contribution >= 4 is 23.6 Å². The number of hydrogen-bond acceptors (Lipinski definition) is 5. The monoisotopic (exact) mass is 356 g/mol. The highest BCUT2D eigenvalue weighted by molar-refractivity contribution is 7.99. The lowest BCUT2D eigenvalue weighted by molar-refractivity contribution is -0.132. The van der Waals surface area contributed by atoms with Crippen molar-refractivity contribution in [3.8, 4) is 6.07 Å². The molecule has 2 aliphatic heterocycles. The Hall–Kier alpha value is -1.33. The number of carbonyl (C=O) groups excluding carboxylic acids is 2. The van der Waals surface area contributed by atoms with Crippen molar-refractivity contribution in [2.75, 3.05) is 31.3 Å². The summed E-state index contributed by atoms with van der Waals surface area (Å²) in [7, 11) is 0. The van der Waals surface area contributed by atoms with Gasteiger partial charge in [-0.2, -0.15) is 5.26 Å². The molecule has 24 heavy (non-hydrogen) atoms. The van der Waals surface area contributed by atoms with Gasteiger partial charge >= 0.3 is 0 Å². The molecule has 2 heterocycles. The lowest BCUT2D eigenvalue weighted by Gasteiger charge is -2.24. The summed E-state index contributed by atoms with van der Waals surface area (Å²) in [6.07, 6.45) is 1.04. The summed E-state index contributed by atoms with van der Waals surface area (Å²) >= 11 is 1.75. The molecule has 0 saturated carbocycles. The van der Waals surface area contributed by atoms with Crippen LogP contribution >= 0.6 is 11.8 Å². The number of nitrogens with zero attached hydrogens (tertiary/aromatic N) is 3. The zero-order valence-corrected chi connectivity index (χ0v) is 14.9. The van der Waals surface area contributed by atoms with Crippen LogP contribution in [0, 0.1) is 11.3 Å². The first-order chi connectivity index (χ1) is 11.5. The molecule has 2 fully saturated rings. The van der Waals surface area contributed by atoms with Crippen molar-refractivity contribution in [1.29, 1.82) is 5.26 Å². The Labute approximate surface area is 146 Å². The lowest BCUT2D eigenvalue weighted by atomic mass is 10.1. The number of hydrogen-bond donors (Lipinski definition) is 1. The Kier molecular flexibility index (Phi) is 7.31. The number of nitrogens with one attached hydrogen (secondary N) is 1. The van der Waals surface area contributed by atoms with E-state index in [4.69, 9.17) is 5.26 Å². The summed E-state index contributed by atoms with van der Waals surface area (Å²) < 4.78 is 13.4. The van der Waals surface area contributed by atoms with Crippen LogP contribution in [0.3, 0.4) is 0 Å². The number of likely N-dealkylation sites (tertiary alicyclic amines) is 1. The van der Waals surface area contributed by atoms with Crippen molar-refractivity contribution in [3.63, 3.8) is 0 Å². The molecule has 2 amide bonds. The summed E-state index contributed by atoms with van der Waals surface area (Å²) in [5, 5.41) is 12.2. The van der Waals surface area contributed by atoms with E-state index in [0.29, 0.717) is 6.42 Å². The molecule has 2 rings (SSSR count). The number of thioether (sulfide) groups is 1. The SMILES string of the molecule is CCC[C@@H](CC(=O)N1CCSC1)NCC(=O)N1C[C@@H](F)C[C@H]1C#N. The first-order valence-electron chi connectivity index (χ1n) is 8.47. The van der Waals surface area contributed by atoms with Gasteiger partial charge < -0.3 is 15.1 Å². The number of alkyl halides is 1. The number of carbonyl (C=O) groups is 2. The van der Waals surface area contributed by atoms with Crippen LogP contribution in [-0.2, 0) is 9.59 Å². The Morgan fingerprint density at radius 1 is 1.46 bits per heavy atom. The number of halogens is 1. The fourth-order valence-corrected chi connectivity index (χ4v) is 4.06. The van der Waals surface area contributed by atoms with Crippen molar-refractivity contribution in [2.45, 2.75) is 50.9 Å². The smallest absolute Gasteiger partial charge is 0.237 e. The fourth-order valence-electron chi connectivity index (χ4n) is 3.09. The zero-order valence-electron chi connectivity index (χ0n) is 14.0. The lowest BCUT2D eigenvalue weighted by Crippen LogP contribution is -2.45.